The molecule has 0 fully saturated rings. The number of pyridine rings is 1. The number of hydrogen-bond donors (Lipinski definition) is 1. The lowest BCUT2D eigenvalue weighted by molar-refractivity contribution is 0.631. The molecule has 18 heavy (non-hydrogen) atoms. The predicted octanol–water partition coefficient (Wildman–Crippen LogP) is 3.03. The Morgan fingerprint density at radius 1 is 1.17 bits per heavy atom. The number of rotatable bonds is 1. The van der Waals surface area contributed by atoms with Crippen LogP contribution in [0.4, 0.5) is 10.2 Å². The van der Waals surface area contributed by atoms with Gasteiger partial charge < -0.3 is 5.73 Å². The summed E-state index contributed by atoms with van der Waals surface area (Å²) in [6, 6.07) is 10.3. The van der Waals surface area contributed by atoms with E-state index in [9.17, 15) is 4.39 Å². The second-order valence-electron chi connectivity index (χ2n) is 4.26. The van der Waals surface area contributed by atoms with Gasteiger partial charge in [0.25, 0.3) is 0 Å². The molecule has 0 spiro atoms. The average Bonchev–Trinajstić information content (AvgIpc) is 2.68. The molecule has 0 aliphatic heterocycles. The molecule has 0 saturated carbocycles. The van der Waals surface area contributed by atoms with Crippen LogP contribution >= 0.6 is 0 Å². The summed E-state index contributed by atoms with van der Waals surface area (Å²) in [6.45, 7) is 1.97. The lowest BCUT2D eigenvalue weighted by Crippen LogP contribution is -1.95. The summed E-state index contributed by atoms with van der Waals surface area (Å²) < 4.78 is 15.5. The minimum absolute atomic E-state index is 0.315. The first kappa shape index (κ1) is 10.8. The Morgan fingerprint density at radius 2 is 1.94 bits per heavy atom. The number of imidazole rings is 1. The van der Waals surface area contributed by atoms with Gasteiger partial charge in [-0.25, -0.2) is 9.37 Å². The molecule has 1 aromatic carbocycles. The van der Waals surface area contributed by atoms with E-state index in [1.54, 1.807) is 22.6 Å². The van der Waals surface area contributed by atoms with Crippen molar-refractivity contribution in [3.05, 3.63) is 54.0 Å². The van der Waals surface area contributed by atoms with Crippen molar-refractivity contribution in [3.8, 4) is 11.3 Å². The lowest BCUT2D eigenvalue weighted by atomic mass is 10.1. The Labute approximate surface area is 104 Å². The number of nitrogens with zero attached hydrogens (tertiary/aromatic N) is 2. The molecule has 0 aliphatic carbocycles. The van der Waals surface area contributed by atoms with Crippen LogP contribution in [0.5, 0.6) is 0 Å². The molecule has 3 nitrogen and oxygen atoms in total. The number of aromatic nitrogens is 2. The summed E-state index contributed by atoms with van der Waals surface area (Å²) in [5.41, 5.74) is 8.75. The molecule has 2 aromatic heterocycles. The van der Waals surface area contributed by atoms with Gasteiger partial charge in [-0.05, 0) is 30.7 Å². The molecule has 0 unspecified atom stereocenters. The van der Waals surface area contributed by atoms with E-state index in [2.05, 4.69) is 4.98 Å². The second-order valence-corrected chi connectivity index (χ2v) is 4.26. The Balaban J connectivity index is 2.31. The summed E-state index contributed by atoms with van der Waals surface area (Å²) in [7, 11) is 0. The van der Waals surface area contributed by atoms with Gasteiger partial charge in [-0.3, -0.25) is 4.40 Å². The van der Waals surface area contributed by atoms with Crippen LogP contribution in [-0.2, 0) is 0 Å². The van der Waals surface area contributed by atoms with Gasteiger partial charge in [-0.2, -0.15) is 0 Å². The first-order valence-electron chi connectivity index (χ1n) is 5.66. The van der Waals surface area contributed by atoms with Gasteiger partial charge in [-0.1, -0.05) is 18.2 Å². The van der Waals surface area contributed by atoms with E-state index in [0.29, 0.717) is 17.1 Å². The average molecular weight is 241 g/mol. The summed E-state index contributed by atoms with van der Waals surface area (Å²) in [5, 5.41) is 0. The van der Waals surface area contributed by atoms with E-state index in [4.69, 9.17) is 5.73 Å². The highest BCUT2D eigenvalue weighted by Gasteiger charge is 2.14. The fourth-order valence-corrected chi connectivity index (χ4v) is 2.02. The minimum Gasteiger partial charge on any atom is -0.383 e. The number of halogens is 1. The van der Waals surface area contributed by atoms with Crippen molar-refractivity contribution in [3.63, 3.8) is 0 Å². The quantitative estimate of drug-likeness (QED) is 0.711. The van der Waals surface area contributed by atoms with Crippen LogP contribution in [0.2, 0.25) is 0 Å². The zero-order valence-electron chi connectivity index (χ0n) is 9.89. The van der Waals surface area contributed by atoms with Crippen LogP contribution in [0.25, 0.3) is 16.9 Å². The van der Waals surface area contributed by atoms with Crippen LogP contribution < -0.4 is 5.73 Å². The maximum atomic E-state index is 13.8. The van der Waals surface area contributed by atoms with Crippen molar-refractivity contribution >= 4 is 11.5 Å². The maximum Gasteiger partial charge on any atom is 0.139 e. The SMILES string of the molecule is Cc1ccc2nc(-c3ccccc3F)c(N)n2c1. The molecule has 0 amide bonds. The highest BCUT2D eigenvalue weighted by Crippen LogP contribution is 2.28. The molecule has 2 N–H and O–H groups in total. The Bertz CT molecular complexity index is 731. The van der Waals surface area contributed by atoms with Gasteiger partial charge in [0.2, 0.25) is 0 Å². The fraction of sp³-hybridized carbons (Fsp3) is 0.0714. The molecular weight excluding hydrogens is 229 g/mol. The molecule has 4 heteroatoms. The van der Waals surface area contributed by atoms with E-state index in [1.165, 1.54) is 6.07 Å². The Hall–Kier alpha value is -2.36. The molecule has 3 rings (SSSR count). The van der Waals surface area contributed by atoms with Crippen LogP contribution in [0.1, 0.15) is 5.56 Å². The monoisotopic (exact) mass is 241 g/mol. The molecule has 0 saturated heterocycles. The minimum atomic E-state index is -0.315. The lowest BCUT2D eigenvalue weighted by Gasteiger charge is -2.01. The summed E-state index contributed by atoms with van der Waals surface area (Å²) in [6.07, 6.45) is 1.89. The van der Waals surface area contributed by atoms with Crippen LogP contribution in [0.15, 0.2) is 42.6 Å². The second kappa shape index (κ2) is 3.84. The predicted molar refractivity (Wildman–Crippen MR) is 69.7 cm³/mol. The Morgan fingerprint density at radius 3 is 2.72 bits per heavy atom. The van der Waals surface area contributed by atoms with Gasteiger partial charge in [0.1, 0.15) is 23.0 Å². The summed E-state index contributed by atoms with van der Waals surface area (Å²) in [5.74, 6) is 0.142. The van der Waals surface area contributed by atoms with Gasteiger partial charge >= 0.3 is 0 Å². The number of nitrogens with two attached hydrogens (primary N) is 1. The third-order valence-electron chi connectivity index (χ3n) is 2.93. The standard InChI is InChI=1S/C14H12FN3/c1-9-6-7-12-17-13(14(16)18(12)8-9)10-4-2-3-5-11(10)15/h2-8H,16H2,1H3. The highest BCUT2D eigenvalue weighted by atomic mass is 19.1. The van der Waals surface area contributed by atoms with Crippen molar-refractivity contribution in [1.29, 1.82) is 0 Å². The van der Waals surface area contributed by atoms with Crippen molar-refractivity contribution in [1.82, 2.24) is 9.38 Å². The number of aryl methyl sites for hydroxylation is 1. The molecular formula is C14H12FN3. The van der Waals surface area contributed by atoms with E-state index in [0.717, 1.165) is 11.2 Å². The first-order chi connectivity index (χ1) is 8.66. The zero-order chi connectivity index (χ0) is 12.7. The third-order valence-corrected chi connectivity index (χ3v) is 2.93. The van der Waals surface area contributed by atoms with Crippen LogP contribution in [0, 0.1) is 12.7 Å². The maximum absolute atomic E-state index is 13.8. The highest BCUT2D eigenvalue weighted by molar-refractivity contribution is 5.75. The number of benzene rings is 1. The Kier molecular flexibility index (Phi) is 2.30. The van der Waals surface area contributed by atoms with E-state index < -0.39 is 0 Å². The molecule has 3 aromatic rings. The van der Waals surface area contributed by atoms with Gasteiger partial charge in [0.15, 0.2) is 0 Å². The number of anilines is 1. The smallest absolute Gasteiger partial charge is 0.139 e. The zero-order valence-corrected chi connectivity index (χ0v) is 9.89. The van der Waals surface area contributed by atoms with Crippen molar-refractivity contribution in [2.45, 2.75) is 6.92 Å². The summed E-state index contributed by atoms with van der Waals surface area (Å²) in [4.78, 5) is 4.38. The van der Waals surface area contributed by atoms with Crippen molar-refractivity contribution in [2.24, 2.45) is 0 Å². The van der Waals surface area contributed by atoms with Crippen molar-refractivity contribution < 1.29 is 4.39 Å². The largest absolute Gasteiger partial charge is 0.383 e. The summed E-state index contributed by atoms with van der Waals surface area (Å²) >= 11 is 0. The number of hydrogen-bond acceptors (Lipinski definition) is 2. The molecule has 0 bridgehead atoms. The molecule has 0 aliphatic rings. The van der Waals surface area contributed by atoms with Crippen LogP contribution in [-0.4, -0.2) is 9.38 Å². The van der Waals surface area contributed by atoms with Gasteiger partial charge in [0, 0.05) is 11.8 Å². The normalized spacial score (nSPS) is 11.0. The van der Waals surface area contributed by atoms with Gasteiger partial charge in [-0.15, -0.1) is 0 Å². The van der Waals surface area contributed by atoms with Crippen molar-refractivity contribution in [2.75, 3.05) is 5.73 Å². The first-order valence-corrected chi connectivity index (χ1v) is 5.66. The van der Waals surface area contributed by atoms with Crippen LogP contribution in [0.3, 0.4) is 0 Å². The van der Waals surface area contributed by atoms with E-state index in [1.807, 2.05) is 25.3 Å². The molecule has 2 heterocycles. The topological polar surface area (TPSA) is 43.3 Å². The third kappa shape index (κ3) is 1.54. The molecule has 90 valence electrons. The van der Waals surface area contributed by atoms with E-state index in [-0.39, 0.29) is 5.82 Å². The molecule has 0 atom stereocenters. The number of fused-ring (bicyclic) bond motifs is 1. The van der Waals surface area contributed by atoms with Gasteiger partial charge in [0.05, 0.1) is 0 Å². The fourth-order valence-electron chi connectivity index (χ4n) is 2.02. The number of nitrogen functional groups attached to an aromatic ring is 1. The molecule has 0 radical (unpaired) electrons. The van der Waals surface area contributed by atoms with E-state index >= 15 is 0 Å².